The Bertz CT molecular complexity index is 830. The van der Waals surface area contributed by atoms with Crippen molar-refractivity contribution >= 4 is 22.3 Å². The van der Waals surface area contributed by atoms with Crippen LogP contribution in [0.2, 0.25) is 0 Å². The Labute approximate surface area is 149 Å². The van der Waals surface area contributed by atoms with E-state index in [1.165, 1.54) is 12.4 Å². The summed E-state index contributed by atoms with van der Waals surface area (Å²) in [5, 5.41) is 0.527. The van der Waals surface area contributed by atoms with Gasteiger partial charge in [0, 0.05) is 12.6 Å². The average Bonchev–Trinajstić information content (AvgIpc) is 2.75. The normalized spacial score (nSPS) is 28.4. The minimum atomic E-state index is -4.91. The van der Waals surface area contributed by atoms with Gasteiger partial charge in [-0.15, -0.1) is 9.35 Å². The zero-order chi connectivity index (χ0) is 19.1. The lowest BCUT2D eigenvalue weighted by Gasteiger charge is -2.35. The molecule has 0 aliphatic carbocycles. The molecule has 2 aliphatic rings. The maximum Gasteiger partial charge on any atom is 0.477 e. The van der Waals surface area contributed by atoms with Gasteiger partial charge in [-0.05, 0) is 13.3 Å². The molecule has 26 heavy (non-hydrogen) atoms. The van der Waals surface area contributed by atoms with Crippen LogP contribution < -0.4 is 5.73 Å². The second kappa shape index (κ2) is 6.51. The summed E-state index contributed by atoms with van der Waals surface area (Å²) in [6.45, 7) is 1.54. The number of carbonyl (C=O) groups is 2. The Morgan fingerprint density at radius 3 is 2.73 bits per heavy atom. The van der Waals surface area contributed by atoms with E-state index >= 15 is 0 Å². The molecule has 3 N–H and O–H groups in total. The zero-order valence-electron chi connectivity index (χ0n) is 13.8. The molecule has 12 nitrogen and oxygen atoms in total. The number of aromatic nitrogens is 2. The molecule has 2 fully saturated rings. The molecule has 0 radical (unpaired) electrons. The third-order valence-corrected chi connectivity index (χ3v) is 4.73. The molecule has 2 bridgehead atoms. The standard InChI is InChI=1S/C13H17N5O7S/c1-8-4-16-9(5-15-8)7-24-18-6-10(2-3-11(18)12(14)19)17(13(18)20)25-26(21,22)23/h4-5,10-11H,2-3,6-7H2,1H3,(H2-,14,19,21,22,23)/p+1/t10-,11+,18?/m1/s1. The molecular formula is C13H18N5O7S+. The molecule has 0 spiro atoms. The van der Waals surface area contributed by atoms with E-state index in [2.05, 4.69) is 14.3 Å². The Morgan fingerprint density at radius 2 is 2.15 bits per heavy atom. The van der Waals surface area contributed by atoms with Crippen LogP contribution in [0.4, 0.5) is 4.79 Å². The largest absolute Gasteiger partial charge is 0.477 e. The topological polar surface area (TPSA) is 162 Å². The first-order chi connectivity index (χ1) is 12.1. The number of quaternary nitrogens is 1. The molecule has 142 valence electrons. The average molecular weight is 388 g/mol. The van der Waals surface area contributed by atoms with Gasteiger partial charge >= 0.3 is 16.4 Å². The molecule has 3 heterocycles. The lowest BCUT2D eigenvalue weighted by Crippen LogP contribution is -2.62. The van der Waals surface area contributed by atoms with Crippen LogP contribution in [0.3, 0.4) is 0 Å². The van der Waals surface area contributed by atoms with Gasteiger partial charge in [-0.1, -0.05) is 4.65 Å². The van der Waals surface area contributed by atoms with Crippen LogP contribution in [0.25, 0.3) is 0 Å². The lowest BCUT2D eigenvalue weighted by molar-refractivity contribution is -1.05. The second-order valence-electron chi connectivity index (χ2n) is 6.16. The van der Waals surface area contributed by atoms with E-state index < -0.39 is 39.1 Å². The van der Waals surface area contributed by atoms with Crippen molar-refractivity contribution in [2.24, 2.45) is 5.73 Å². The van der Waals surface area contributed by atoms with Gasteiger partial charge < -0.3 is 5.73 Å². The molecule has 1 unspecified atom stereocenters. The van der Waals surface area contributed by atoms with Crippen LogP contribution in [0.5, 0.6) is 0 Å². The van der Waals surface area contributed by atoms with Crippen LogP contribution in [0.1, 0.15) is 24.2 Å². The fourth-order valence-corrected chi connectivity index (χ4v) is 3.62. The first-order valence-corrected chi connectivity index (χ1v) is 9.09. The minimum absolute atomic E-state index is 0.0543. The minimum Gasteiger partial charge on any atom is -0.364 e. The number of nitrogens with zero attached hydrogens (tertiary/aromatic N) is 4. The summed E-state index contributed by atoms with van der Waals surface area (Å²) in [4.78, 5) is 38.5. The van der Waals surface area contributed by atoms with Crippen LogP contribution in [0.15, 0.2) is 12.4 Å². The van der Waals surface area contributed by atoms with Crippen LogP contribution in [-0.2, 0) is 30.9 Å². The van der Waals surface area contributed by atoms with Crippen LogP contribution in [0, 0.1) is 6.92 Å². The van der Waals surface area contributed by atoms with Crippen molar-refractivity contribution in [3.63, 3.8) is 0 Å². The second-order valence-corrected chi connectivity index (χ2v) is 7.17. The fraction of sp³-hybridized carbons (Fsp3) is 0.538. The van der Waals surface area contributed by atoms with Gasteiger partial charge in [-0.25, -0.2) is 4.79 Å². The van der Waals surface area contributed by atoms with Gasteiger partial charge in [0.25, 0.3) is 5.91 Å². The Balaban J connectivity index is 1.89. The van der Waals surface area contributed by atoms with Gasteiger partial charge in [0.2, 0.25) is 6.04 Å². The molecular weight excluding hydrogens is 370 g/mol. The molecule has 1 aromatic heterocycles. The molecule has 3 rings (SSSR count). The van der Waals surface area contributed by atoms with Crippen molar-refractivity contribution < 1.29 is 36.3 Å². The number of fused-ring (bicyclic) bond motifs is 2. The number of aryl methyl sites for hydroxylation is 1. The molecule has 2 aliphatic heterocycles. The monoisotopic (exact) mass is 388 g/mol. The lowest BCUT2D eigenvalue weighted by atomic mass is 10.00. The molecule has 3 atom stereocenters. The highest BCUT2D eigenvalue weighted by atomic mass is 32.3. The van der Waals surface area contributed by atoms with E-state index in [4.69, 9.17) is 15.1 Å². The number of rotatable bonds is 6. The number of hydroxylamine groups is 5. The fourth-order valence-electron chi connectivity index (χ4n) is 3.23. The Kier molecular flexibility index (Phi) is 4.66. The van der Waals surface area contributed by atoms with Crippen molar-refractivity contribution in [1.29, 1.82) is 0 Å². The molecule has 1 aromatic rings. The van der Waals surface area contributed by atoms with E-state index in [1.807, 2.05) is 0 Å². The van der Waals surface area contributed by atoms with Gasteiger partial charge in [0.1, 0.15) is 12.6 Å². The summed E-state index contributed by atoms with van der Waals surface area (Å²) >= 11 is 0. The number of carbonyl (C=O) groups excluding carboxylic acids is 2. The number of urea groups is 1. The molecule has 2 saturated heterocycles. The van der Waals surface area contributed by atoms with Crippen molar-refractivity contribution in [2.75, 3.05) is 6.54 Å². The highest BCUT2D eigenvalue weighted by Gasteiger charge is 2.65. The smallest absolute Gasteiger partial charge is 0.364 e. The summed E-state index contributed by atoms with van der Waals surface area (Å²) in [5.74, 6) is -0.763. The van der Waals surface area contributed by atoms with Gasteiger partial charge in [-0.2, -0.15) is 13.3 Å². The first kappa shape index (κ1) is 18.6. The Hall–Kier alpha value is -2.19. The maximum atomic E-state index is 12.8. The van der Waals surface area contributed by atoms with E-state index in [0.29, 0.717) is 16.5 Å². The summed E-state index contributed by atoms with van der Waals surface area (Å²) in [6, 6.07) is -2.65. The zero-order valence-corrected chi connectivity index (χ0v) is 14.6. The highest BCUT2D eigenvalue weighted by molar-refractivity contribution is 7.80. The quantitative estimate of drug-likeness (QED) is 0.470. The van der Waals surface area contributed by atoms with E-state index in [-0.39, 0.29) is 26.0 Å². The van der Waals surface area contributed by atoms with Crippen LogP contribution >= 0.6 is 0 Å². The van der Waals surface area contributed by atoms with Gasteiger partial charge in [0.05, 0.1) is 17.6 Å². The van der Waals surface area contributed by atoms with Crippen molar-refractivity contribution in [1.82, 2.24) is 15.0 Å². The predicted octanol–water partition coefficient (Wildman–Crippen LogP) is -0.780. The van der Waals surface area contributed by atoms with Gasteiger partial charge in [-0.3, -0.25) is 19.3 Å². The summed E-state index contributed by atoms with van der Waals surface area (Å²) < 4.78 is 34.5. The van der Waals surface area contributed by atoms with Crippen molar-refractivity contribution in [3.05, 3.63) is 23.8 Å². The Morgan fingerprint density at radius 1 is 1.42 bits per heavy atom. The molecule has 0 aromatic carbocycles. The first-order valence-electron chi connectivity index (χ1n) is 7.72. The summed E-state index contributed by atoms with van der Waals surface area (Å²) in [6.07, 6.45) is 3.43. The van der Waals surface area contributed by atoms with Crippen molar-refractivity contribution in [2.45, 2.75) is 38.5 Å². The highest BCUT2D eigenvalue weighted by Crippen LogP contribution is 2.38. The third kappa shape index (κ3) is 3.39. The number of hydrogen-bond acceptors (Lipinski definition) is 8. The number of nitrogens with two attached hydrogens (primary N) is 1. The number of primary amides is 1. The third-order valence-electron chi connectivity index (χ3n) is 4.38. The number of piperidine rings is 1. The van der Waals surface area contributed by atoms with E-state index in [9.17, 15) is 18.0 Å². The summed E-state index contributed by atoms with van der Waals surface area (Å²) in [7, 11) is -4.91. The van der Waals surface area contributed by atoms with Crippen molar-refractivity contribution in [3.8, 4) is 0 Å². The van der Waals surface area contributed by atoms with Gasteiger partial charge in [0.15, 0.2) is 6.61 Å². The summed E-state index contributed by atoms with van der Waals surface area (Å²) in [5.41, 5.74) is 6.52. The number of hydrogen-bond donors (Lipinski definition) is 2. The molecule has 0 saturated carbocycles. The number of amides is 3. The van der Waals surface area contributed by atoms with E-state index in [1.54, 1.807) is 6.92 Å². The van der Waals surface area contributed by atoms with E-state index in [0.717, 1.165) is 0 Å². The molecule has 3 amide bonds. The maximum absolute atomic E-state index is 12.8. The van der Waals surface area contributed by atoms with Crippen LogP contribution in [-0.4, -0.2) is 63.2 Å². The predicted molar refractivity (Wildman–Crippen MR) is 82.6 cm³/mol. The SMILES string of the molecule is Cc1cnc(CO[N+]23C[C@@H](CC[C@H]2C(N)=O)N(OS(=O)(=O)O)C3=O)cn1. The molecule has 13 heteroatoms.